The normalized spacial score (nSPS) is 10.8. The molecule has 18 heavy (non-hydrogen) atoms. The maximum atomic E-state index is 11.0. The summed E-state index contributed by atoms with van der Waals surface area (Å²) in [4.78, 5) is 14.9. The Hall–Kier alpha value is -2.37. The molecular weight excluding hydrogens is 232 g/mol. The van der Waals surface area contributed by atoms with Gasteiger partial charge in [-0.2, -0.15) is 5.10 Å². The Morgan fingerprint density at radius 2 is 2.11 bits per heavy atom. The van der Waals surface area contributed by atoms with Crippen LogP contribution in [0.1, 0.15) is 30.2 Å². The topological polar surface area (TPSA) is 94.0 Å². The summed E-state index contributed by atoms with van der Waals surface area (Å²) < 4.78 is 1.80. The second kappa shape index (κ2) is 4.48. The molecule has 6 heteroatoms. The molecule has 0 aromatic carbocycles. The molecule has 2 heterocycles. The van der Waals surface area contributed by atoms with Gasteiger partial charge in [0.25, 0.3) is 0 Å². The van der Waals surface area contributed by atoms with Crippen molar-refractivity contribution >= 4 is 11.8 Å². The fourth-order valence-electron chi connectivity index (χ4n) is 1.57. The lowest BCUT2D eigenvalue weighted by Gasteiger charge is -2.04. The number of hydrogen-bond acceptors (Lipinski definition) is 4. The lowest BCUT2D eigenvalue weighted by molar-refractivity contribution is 0.0697. The van der Waals surface area contributed by atoms with Gasteiger partial charge in [0.1, 0.15) is 11.4 Å². The Labute approximate surface area is 104 Å². The van der Waals surface area contributed by atoms with Gasteiger partial charge in [-0.15, -0.1) is 0 Å². The van der Waals surface area contributed by atoms with Crippen molar-refractivity contribution in [2.45, 2.75) is 19.9 Å². The van der Waals surface area contributed by atoms with E-state index in [9.17, 15) is 4.79 Å². The summed E-state index contributed by atoms with van der Waals surface area (Å²) >= 11 is 0. The van der Waals surface area contributed by atoms with E-state index in [0.717, 1.165) is 5.56 Å². The van der Waals surface area contributed by atoms with Crippen molar-refractivity contribution in [2.75, 3.05) is 5.73 Å². The van der Waals surface area contributed by atoms with E-state index in [1.807, 2.05) is 20.0 Å². The second-order valence-electron chi connectivity index (χ2n) is 4.26. The van der Waals surface area contributed by atoms with Crippen molar-refractivity contribution in [1.29, 1.82) is 0 Å². The van der Waals surface area contributed by atoms with Gasteiger partial charge in [0.05, 0.1) is 6.20 Å². The third kappa shape index (κ3) is 2.17. The predicted octanol–water partition coefficient (Wildman–Crippen LogP) is 1.81. The Morgan fingerprint density at radius 3 is 2.67 bits per heavy atom. The van der Waals surface area contributed by atoms with Gasteiger partial charge >= 0.3 is 5.97 Å². The highest BCUT2D eigenvalue weighted by Gasteiger charge is 2.12. The Kier molecular flexibility index (Phi) is 3.01. The first-order valence-electron chi connectivity index (χ1n) is 5.52. The Morgan fingerprint density at radius 1 is 1.39 bits per heavy atom. The van der Waals surface area contributed by atoms with Crippen LogP contribution < -0.4 is 5.73 Å². The summed E-state index contributed by atoms with van der Waals surface area (Å²) in [5.41, 5.74) is 7.02. The smallest absolute Gasteiger partial charge is 0.339 e. The van der Waals surface area contributed by atoms with Gasteiger partial charge in [0, 0.05) is 29.6 Å². The first kappa shape index (κ1) is 12.1. The number of anilines is 1. The minimum atomic E-state index is -1.09. The molecule has 0 aliphatic carbocycles. The van der Waals surface area contributed by atoms with Crippen LogP contribution in [-0.4, -0.2) is 25.8 Å². The van der Waals surface area contributed by atoms with Crippen LogP contribution in [0.15, 0.2) is 24.7 Å². The molecule has 0 saturated heterocycles. The number of nitrogens with zero attached hydrogens (tertiary/aromatic N) is 3. The number of aromatic carboxylic acids is 1. The first-order chi connectivity index (χ1) is 8.49. The van der Waals surface area contributed by atoms with Gasteiger partial charge in [-0.1, -0.05) is 0 Å². The van der Waals surface area contributed by atoms with E-state index in [0.29, 0.717) is 5.56 Å². The maximum Gasteiger partial charge on any atom is 0.339 e. The maximum absolute atomic E-state index is 11.0. The Balaban J connectivity index is 2.44. The number of aromatic nitrogens is 3. The van der Waals surface area contributed by atoms with E-state index in [1.165, 1.54) is 6.07 Å². The van der Waals surface area contributed by atoms with Gasteiger partial charge in [-0.3, -0.25) is 4.68 Å². The van der Waals surface area contributed by atoms with Crippen molar-refractivity contribution in [3.8, 4) is 11.1 Å². The van der Waals surface area contributed by atoms with Crippen LogP contribution in [0.3, 0.4) is 0 Å². The molecular formula is C12H14N4O2. The van der Waals surface area contributed by atoms with Crippen molar-refractivity contribution in [3.05, 3.63) is 30.2 Å². The van der Waals surface area contributed by atoms with Crippen molar-refractivity contribution in [3.63, 3.8) is 0 Å². The van der Waals surface area contributed by atoms with Gasteiger partial charge in [0.2, 0.25) is 0 Å². The third-order valence-electron chi connectivity index (χ3n) is 2.61. The lowest BCUT2D eigenvalue weighted by Crippen LogP contribution is -2.04. The monoisotopic (exact) mass is 246 g/mol. The molecule has 0 radical (unpaired) electrons. The molecule has 0 fully saturated rings. The standard InChI is InChI=1S/C12H14N4O2/c1-7(2)16-6-9(5-15-16)8-3-10(12(17)18)11(13)14-4-8/h3-7H,1-2H3,(H2,13,14)(H,17,18). The van der Waals surface area contributed by atoms with E-state index < -0.39 is 5.97 Å². The minimum Gasteiger partial charge on any atom is -0.478 e. The van der Waals surface area contributed by atoms with Crippen LogP contribution in [0.4, 0.5) is 5.82 Å². The lowest BCUT2D eigenvalue weighted by atomic mass is 10.1. The van der Waals surface area contributed by atoms with Gasteiger partial charge < -0.3 is 10.8 Å². The summed E-state index contributed by atoms with van der Waals surface area (Å²) in [6, 6.07) is 1.76. The zero-order chi connectivity index (χ0) is 13.3. The van der Waals surface area contributed by atoms with Crippen LogP contribution in [0.25, 0.3) is 11.1 Å². The molecule has 0 bridgehead atoms. The van der Waals surface area contributed by atoms with Crippen LogP contribution in [-0.2, 0) is 0 Å². The highest BCUT2D eigenvalue weighted by atomic mass is 16.4. The number of nitrogens with two attached hydrogens (primary N) is 1. The number of carboxylic acid groups (broad SMARTS) is 1. The Bertz CT molecular complexity index is 590. The van der Waals surface area contributed by atoms with Gasteiger partial charge in [-0.05, 0) is 19.9 Å². The van der Waals surface area contributed by atoms with Gasteiger partial charge in [0.15, 0.2) is 0 Å². The summed E-state index contributed by atoms with van der Waals surface area (Å²) in [7, 11) is 0. The molecule has 0 aliphatic rings. The fourth-order valence-corrected chi connectivity index (χ4v) is 1.57. The highest BCUT2D eigenvalue weighted by Crippen LogP contribution is 2.22. The number of nitrogen functional groups attached to an aromatic ring is 1. The van der Waals surface area contributed by atoms with Gasteiger partial charge in [-0.25, -0.2) is 9.78 Å². The average molecular weight is 246 g/mol. The summed E-state index contributed by atoms with van der Waals surface area (Å²) in [5.74, 6) is -1.07. The predicted molar refractivity (Wildman–Crippen MR) is 67.2 cm³/mol. The molecule has 2 aromatic rings. The fraction of sp³-hybridized carbons (Fsp3) is 0.250. The third-order valence-corrected chi connectivity index (χ3v) is 2.61. The molecule has 2 rings (SSSR count). The molecule has 3 N–H and O–H groups in total. The molecule has 94 valence electrons. The van der Waals surface area contributed by atoms with E-state index >= 15 is 0 Å². The number of hydrogen-bond donors (Lipinski definition) is 2. The number of carbonyl (C=O) groups is 1. The van der Waals surface area contributed by atoms with Crippen molar-refractivity contribution in [2.24, 2.45) is 0 Å². The highest BCUT2D eigenvalue weighted by molar-refractivity contribution is 5.94. The second-order valence-corrected chi connectivity index (χ2v) is 4.26. The van der Waals surface area contributed by atoms with Crippen molar-refractivity contribution in [1.82, 2.24) is 14.8 Å². The van der Waals surface area contributed by atoms with E-state index in [-0.39, 0.29) is 17.4 Å². The molecule has 0 aliphatic heterocycles. The van der Waals surface area contributed by atoms with E-state index in [1.54, 1.807) is 17.1 Å². The molecule has 6 nitrogen and oxygen atoms in total. The SMILES string of the molecule is CC(C)n1cc(-c2cnc(N)c(C(=O)O)c2)cn1. The summed E-state index contributed by atoms with van der Waals surface area (Å²) in [6.45, 7) is 4.03. The molecule has 0 unspecified atom stereocenters. The van der Waals surface area contributed by atoms with Crippen LogP contribution in [0.5, 0.6) is 0 Å². The molecule has 2 aromatic heterocycles. The van der Waals surface area contributed by atoms with E-state index in [4.69, 9.17) is 10.8 Å². The molecule has 0 amide bonds. The molecule has 0 spiro atoms. The van der Waals surface area contributed by atoms with Crippen LogP contribution in [0.2, 0.25) is 0 Å². The minimum absolute atomic E-state index is 0.00444. The number of carboxylic acids is 1. The molecule has 0 saturated carbocycles. The van der Waals surface area contributed by atoms with Crippen LogP contribution in [0, 0.1) is 0 Å². The van der Waals surface area contributed by atoms with Crippen molar-refractivity contribution < 1.29 is 9.90 Å². The quantitative estimate of drug-likeness (QED) is 0.861. The zero-order valence-electron chi connectivity index (χ0n) is 10.2. The first-order valence-corrected chi connectivity index (χ1v) is 5.52. The zero-order valence-corrected chi connectivity index (χ0v) is 10.2. The summed E-state index contributed by atoms with van der Waals surface area (Å²) in [6.07, 6.45) is 5.08. The molecule has 0 atom stereocenters. The number of pyridine rings is 1. The average Bonchev–Trinajstić information content (AvgIpc) is 2.78. The largest absolute Gasteiger partial charge is 0.478 e. The van der Waals surface area contributed by atoms with Crippen LogP contribution >= 0.6 is 0 Å². The number of rotatable bonds is 3. The van der Waals surface area contributed by atoms with E-state index in [2.05, 4.69) is 10.1 Å². The summed E-state index contributed by atoms with van der Waals surface area (Å²) in [5, 5.41) is 13.2.